The van der Waals surface area contributed by atoms with Gasteiger partial charge in [-0.05, 0) is 30.9 Å². The van der Waals surface area contributed by atoms with Crippen molar-refractivity contribution in [1.29, 1.82) is 0 Å². The summed E-state index contributed by atoms with van der Waals surface area (Å²) in [5, 5.41) is 3.17. The van der Waals surface area contributed by atoms with Crippen molar-refractivity contribution in [2.75, 3.05) is 6.54 Å². The fourth-order valence-electron chi connectivity index (χ4n) is 1.91. The van der Waals surface area contributed by atoms with E-state index >= 15 is 0 Å². The highest BCUT2D eigenvalue weighted by Gasteiger charge is 2.26. The van der Waals surface area contributed by atoms with Crippen molar-refractivity contribution in [2.24, 2.45) is 5.92 Å². The van der Waals surface area contributed by atoms with Crippen molar-refractivity contribution in [1.82, 2.24) is 15.3 Å². The van der Waals surface area contributed by atoms with Crippen molar-refractivity contribution in [3.63, 3.8) is 0 Å². The van der Waals surface area contributed by atoms with E-state index in [0.717, 1.165) is 31.2 Å². The summed E-state index contributed by atoms with van der Waals surface area (Å²) < 4.78 is 0. The number of aromatic nitrogens is 2. The molecule has 14 heavy (non-hydrogen) atoms. The fraction of sp³-hybridized carbons (Fsp3) is 0.500. The molecule has 1 fully saturated rings. The first kappa shape index (κ1) is 9.27. The summed E-state index contributed by atoms with van der Waals surface area (Å²) >= 11 is 0. The van der Waals surface area contributed by atoms with Crippen LogP contribution < -0.4 is 5.32 Å². The highest BCUT2D eigenvalue weighted by molar-refractivity contribution is 5.58. The predicted octanol–water partition coefficient (Wildman–Crippen LogP) is 0.196. The van der Waals surface area contributed by atoms with Gasteiger partial charge >= 0.3 is 0 Å². The minimum atomic E-state index is 0.00945. The Kier molecular flexibility index (Phi) is 2.84. The van der Waals surface area contributed by atoms with Crippen LogP contribution in [0.25, 0.3) is 0 Å². The van der Waals surface area contributed by atoms with Crippen LogP contribution in [-0.2, 0) is 11.2 Å². The van der Waals surface area contributed by atoms with E-state index < -0.39 is 0 Å². The molecule has 1 saturated heterocycles. The van der Waals surface area contributed by atoms with Gasteiger partial charge < -0.3 is 10.1 Å². The zero-order valence-corrected chi connectivity index (χ0v) is 7.89. The molecule has 0 bridgehead atoms. The lowest BCUT2D eigenvalue weighted by molar-refractivity contribution is -0.110. The first-order chi connectivity index (χ1) is 6.90. The molecule has 1 aromatic rings. The van der Waals surface area contributed by atoms with E-state index in [-0.39, 0.29) is 6.04 Å². The molecule has 0 amide bonds. The molecular formula is C10H13N3O. The minimum absolute atomic E-state index is 0.00945. The van der Waals surface area contributed by atoms with Gasteiger partial charge in [-0.3, -0.25) is 0 Å². The Balaban J connectivity index is 2.00. The van der Waals surface area contributed by atoms with Crippen molar-refractivity contribution in [3.8, 4) is 0 Å². The Morgan fingerprint density at radius 1 is 1.50 bits per heavy atom. The molecule has 0 spiro atoms. The number of hydrogen-bond acceptors (Lipinski definition) is 4. The van der Waals surface area contributed by atoms with Crippen molar-refractivity contribution >= 4 is 6.29 Å². The van der Waals surface area contributed by atoms with Gasteiger partial charge in [-0.1, -0.05) is 0 Å². The predicted molar refractivity (Wildman–Crippen MR) is 51.7 cm³/mol. The van der Waals surface area contributed by atoms with Crippen LogP contribution in [0.2, 0.25) is 0 Å². The number of carbonyl (C=O) groups excluding carboxylic acids is 1. The van der Waals surface area contributed by atoms with E-state index in [2.05, 4.69) is 15.3 Å². The molecule has 1 aliphatic heterocycles. The molecule has 0 saturated carbocycles. The SMILES string of the molecule is O=C[C@@H]1NCC[C@@H]1Cc1cncnc1. The minimum Gasteiger partial charge on any atom is -0.307 e. The number of rotatable bonds is 3. The second-order valence-corrected chi connectivity index (χ2v) is 3.62. The zero-order valence-electron chi connectivity index (χ0n) is 7.89. The van der Waals surface area contributed by atoms with Gasteiger partial charge in [-0.15, -0.1) is 0 Å². The highest BCUT2D eigenvalue weighted by atomic mass is 16.1. The third kappa shape index (κ3) is 1.96. The van der Waals surface area contributed by atoms with Gasteiger partial charge in [0.15, 0.2) is 0 Å². The van der Waals surface area contributed by atoms with Gasteiger partial charge in [0.2, 0.25) is 0 Å². The summed E-state index contributed by atoms with van der Waals surface area (Å²) in [6, 6.07) is 0.00945. The molecule has 1 aliphatic rings. The summed E-state index contributed by atoms with van der Waals surface area (Å²) in [5.74, 6) is 0.401. The average Bonchev–Trinajstić information content (AvgIpc) is 2.67. The second-order valence-electron chi connectivity index (χ2n) is 3.62. The van der Waals surface area contributed by atoms with Gasteiger partial charge in [0.25, 0.3) is 0 Å². The Hall–Kier alpha value is -1.29. The van der Waals surface area contributed by atoms with Crippen LogP contribution in [-0.4, -0.2) is 28.8 Å². The van der Waals surface area contributed by atoms with Gasteiger partial charge in [0.05, 0.1) is 6.04 Å². The number of carbonyl (C=O) groups is 1. The van der Waals surface area contributed by atoms with Crippen LogP contribution in [0.15, 0.2) is 18.7 Å². The van der Waals surface area contributed by atoms with E-state index in [1.807, 2.05) is 12.4 Å². The van der Waals surface area contributed by atoms with Crippen LogP contribution in [0, 0.1) is 5.92 Å². The molecule has 2 atom stereocenters. The summed E-state index contributed by atoms with van der Waals surface area (Å²) in [4.78, 5) is 18.6. The lowest BCUT2D eigenvalue weighted by atomic mass is 9.95. The van der Waals surface area contributed by atoms with Gasteiger partial charge in [-0.2, -0.15) is 0 Å². The molecular weight excluding hydrogens is 178 g/mol. The quantitative estimate of drug-likeness (QED) is 0.693. The molecule has 74 valence electrons. The standard InChI is InChI=1S/C10H13N3O/c14-6-10-9(1-2-13-10)3-8-4-11-7-12-5-8/h4-7,9-10,13H,1-3H2/t9-,10+/m1/s1. The average molecular weight is 191 g/mol. The molecule has 0 aliphatic carbocycles. The maximum atomic E-state index is 10.7. The van der Waals surface area contributed by atoms with Crippen LogP contribution in [0.1, 0.15) is 12.0 Å². The summed E-state index contributed by atoms with van der Waals surface area (Å²) in [6.07, 6.45) is 8.09. The van der Waals surface area contributed by atoms with Crippen LogP contribution in [0.5, 0.6) is 0 Å². The number of nitrogens with zero attached hydrogens (tertiary/aromatic N) is 2. The van der Waals surface area contributed by atoms with Crippen LogP contribution in [0.3, 0.4) is 0 Å². The van der Waals surface area contributed by atoms with Crippen molar-refractivity contribution in [2.45, 2.75) is 18.9 Å². The lowest BCUT2D eigenvalue weighted by Crippen LogP contribution is -2.29. The smallest absolute Gasteiger partial charge is 0.137 e. The van der Waals surface area contributed by atoms with Crippen molar-refractivity contribution in [3.05, 3.63) is 24.3 Å². The molecule has 4 heteroatoms. The molecule has 2 rings (SSSR count). The van der Waals surface area contributed by atoms with E-state index in [1.54, 1.807) is 0 Å². The van der Waals surface area contributed by atoms with E-state index in [0.29, 0.717) is 5.92 Å². The third-order valence-corrected chi connectivity index (χ3v) is 2.66. The number of nitrogens with one attached hydrogen (secondary N) is 1. The molecule has 2 heterocycles. The maximum absolute atomic E-state index is 10.7. The first-order valence-electron chi connectivity index (χ1n) is 4.82. The molecule has 1 N–H and O–H groups in total. The van der Waals surface area contributed by atoms with E-state index in [1.165, 1.54) is 6.33 Å². The summed E-state index contributed by atoms with van der Waals surface area (Å²) in [6.45, 7) is 0.932. The lowest BCUT2D eigenvalue weighted by Gasteiger charge is -2.12. The molecule has 0 aromatic carbocycles. The van der Waals surface area contributed by atoms with Crippen molar-refractivity contribution < 1.29 is 4.79 Å². The van der Waals surface area contributed by atoms with E-state index in [9.17, 15) is 4.79 Å². The Morgan fingerprint density at radius 3 is 3.00 bits per heavy atom. The number of hydrogen-bond donors (Lipinski definition) is 1. The first-order valence-corrected chi connectivity index (χ1v) is 4.82. The van der Waals surface area contributed by atoms with Gasteiger partial charge in [0, 0.05) is 12.4 Å². The third-order valence-electron chi connectivity index (χ3n) is 2.66. The largest absolute Gasteiger partial charge is 0.307 e. The monoisotopic (exact) mass is 191 g/mol. The summed E-state index contributed by atoms with van der Waals surface area (Å²) in [7, 11) is 0. The second kappa shape index (κ2) is 4.28. The molecule has 4 nitrogen and oxygen atoms in total. The summed E-state index contributed by atoms with van der Waals surface area (Å²) in [5.41, 5.74) is 1.10. The van der Waals surface area contributed by atoms with E-state index in [4.69, 9.17) is 0 Å². The van der Waals surface area contributed by atoms with Crippen LogP contribution in [0.4, 0.5) is 0 Å². The Bertz CT molecular complexity index is 301. The number of aldehydes is 1. The molecule has 1 aromatic heterocycles. The fourth-order valence-corrected chi connectivity index (χ4v) is 1.91. The highest BCUT2D eigenvalue weighted by Crippen LogP contribution is 2.18. The zero-order chi connectivity index (χ0) is 9.80. The van der Waals surface area contributed by atoms with Gasteiger partial charge in [0.1, 0.15) is 12.6 Å². The normalized spacial score (nSPS) is 26.3. The van der Waals surface area contributed by atoms with Gasteiger partial charge in [-0.25, -0.2) is 9.97 Å². The Labute approximate surface area is 82.8 Å². The molecule has 0 unspecified atom stereocenters. The van der Waals surface area contributed by atoms with Crippen LogP contribution >= 0.6 is 0 Å². The maximum Gasteiger partial charge on any atom is 0.137 e. The molecule has 0 radical (unpaired) electrons. The Morgan fingerprint density at radius 2 is 2.29 bits per heavy atom. The topological polar surface area (TPSA) is 54.9 Å².